The zero-order valence-electron chi connectivity index (χ0n) is 30.2. The van der Waals surface area contributed by atoms with Crippen molar-refractivity contribution in [1.82, 2.24) is 4.90 Å². The Labute approximate surface area is 294 Å². The van der Waals surface area contributed by atoms with Gasteiger partial charge < -0.3 is 57.4 Å². The van der Waals surface area contributed by atoms with Crippen LogP contribution in [0.5, 0.6) is 17.2 Å². The van der Waals surface area contributed by atoms with Crippen LogP contribution in [-0.4, -0.2) is 128 Å². The monoisotopic (exact) mass is 707 g/mol. The molecule has 0 saturated carbocycles. The minimum atomic E-state index is -1.68. The summed E-state index contributed by atoms with van der Waals surface area (Å²) in [5, 5.41) is 12.7. The number of benzene rings is 2. The van der Waals surface area contributed by atoms with Crippen molar-refractivity contribution >= 4 is 41.9 Å². The lowest BCUT2D eigenvalue weighted by Crippen LogP contribution is -2.65. The number of epoxide rings is 1. The molecule has 1 amide bonds. The molecule has 2 aromatic carbocycles. The summed E-state index contributed by atoms with van der Waals surface area (Å²) in [5.41, 5.74) is 1.55. The van der Waals surface area contributed by atoms with E-state index >= 15 is 0 Å². The summed E-state index contributed by atoms with van der Waals surface area (Å²) in [4.78, 5) is 25.1. The zero-order valence-corrected chi connectivity index (χ0v) is 31.0. The molecule has 3 rings (SSSR count). The lowest BCUT2D eigenvalue weighted by Gasteiger charge is -2.43. The van der Waals surface area contributed by atoms with Crippen molar-refractivity contribution in [3.05, 3.63) is 28.3 Å². The number of likely N-dealkylation sites (N-methyl/N-ethyl adjacent to an activating group) is 1. The third-order valence-corrected chi connectivity index (χ3v) is 9.58. The first-order valence-electron chi connectivity index (χ1n) is 16.0. The van der Waals surface area contributed by atoms with E-state index in [4.69, 9.17) is 49.8 Å². The lowest BCUT2D eigenvalue weighted by molar-refractivity contribution is -0.371. The van der Waals surface area contributed by atoms with Crippen LogP contribution in [0.1, 0.15) is 42.0 Å². The van der Waals surface area contributed by atoms with Gasteiger partial charge in [-0.2, -0.15) is 0 Å². The number of phenolic OH excluding ortho intramolecular Hbond substituents is 1. The van der Waals surface area contributed by atoms with E-state index in [2.05, 4.69) is 0 Å². The normalized spacial score (nSPS) is 17.2. The number of carbonyl (C=O) groups is 2. The first-order chi connectivity index (χ1) is 23.4. The van der Waals surface area contributed by atoms with Crippen LogP contribution in [0.15, 0.2) is 6.07 Å². The summed E-state index contributed by atoms with van der Waals surface area (Å²) in [6.07, 6.45) is -0.495. The molecule has 1 fully saturated rings. The van der Waals surface area contributed by atoms with Gasteiger partial charge in [0.1, 0.15) is 30.1 Å². The third kappa shape index (κ3) is 8.24. The molecule has 13 nitrogen and oxygen atoms in total. The fourth-order valence-electron chi connectivity index (χ4n) is 5.91. The molecule has 1 aliphatic heterocycles. The minimum Gasteiger partial charge on any atom is -0.507 e. The Morgan fingerprint density at radius 3 is 2.33 bits per heavy atom. The number of aromatic hydroxyl groups is 1. The van der Waals surface area contributed by atoms with Gasteiger partial charge in [-0.3, -0.25) is 0 Å². The van der Waals surface area contributed by atoms with Gasteiger partial charge in [-0.1, -0.05) is 6.92 Å². The number of hydrogen-bond donors (Lipinski definition) is 1. The van der Waals surface area contributed by atoms with E-state index in [0.717, 1.165) is 34.6 Å². The van der Waals surface area contributed by atoms with Gasteiger partial charge in [0.05, 0.1) is 25.7 Å². The van der Waals surface area contributed by atoms with Crippen LogP contribution in [0.3, 0.4) is 0 Å². The Morgan fingerprint density at radius 2 is 1.80 bits per heavy atom. The summed E-state index contributed by atoms with van der Waals surface area (Å²) in [7, 11) is 14.5. The van der Waals surface area contributed by atoms with Gasteiger partial charge in [-0.05, 0) is 56.4 Å². The molecule has 3 unspecified atom stereocenters. The summed E-state index contributed by atoms with van der Waals surface area (Å²) in [6.45, 7) is 7.77. The number of methoxy groups -OCH3 is 5. The SMILES string of the molecule is [B]SC(C)COC(=O)N(C)CCOC(Oc1c(C)c(C)cc2c(OC)c(CCCC=O)c(C)c(O)c12)C1(C(OC)(OC)C(OC)OC)CO1. The molecular weight excluding hydrogens is 657 g/mol. The van der Waals surface area contributed by atoms with Gasteiger partial charge in [0.25, 0.3) is 5.79 Å². The number of phenols is 1. The van der Waals surface area contributed by atoms with E-state index in [-0.39, 0.29) is 37.4 Å². The van der Waals surface area contributed by atoms with Gasteiger partial charge >= 0.3 is 6.09 Å². The predicted molar refractivity (Wildman–Crippen MR) is 186 cm³/mol. The average Bonchev–Trinajstić information content (AvgIpc) is 3.91. The van der Waals surface area contributed by atoms with Crippen molar-refractivity contribution in [1.29, 1.82) is 0 Å². The molecular formula is C34H50BNO12S. The van der Waals surface area contributed by atoms with Gasteiger partial charge in [-0.15, -0.1) is 0 Å². The van der Waals surface area contributed by atoms with E-state index in [0.29, 0.717) is 47.1 Å². The fourth-order valence-corrected chi connectivity index (χ4v) is 6.06. The first kappa shape index (κ1) is 40.6. The van der Waals surface area contributed by atoms with Crippen molar-refractivity contribution in [2.24, 2.45) is 0 Å². The van der Waals surface area contributed by atoms with Crippen molar-refractivity contribution in [2.45, 2.75) is 76.2 Å². The number of nitrogens with zero attached hydrogens (tertiary/aromatic N) is 1. The number of aldehydes is 1. The number of carbonyl (C=O) groups excluding carboxylic acids is 2. The molecule has 49 heavy (non-hydrogen) atoms. The number of amides is 1. The Morgan fingerprint density at radius 1 is 1.14 bits per heavy atom. The van der Waals surface area contributed by atoms with Crippen molar-refractivity contribution in [3.8, 4) is 17.2 Å². The molecule has 0 bridgehead atoms. The molecule has 15 heteroatoms. The highest BCUT2D eigenvalue weighted by atomic mass is 32.2. The van der Waals surface area contributed by atoms with E-state index in [1.54, 1.807) is 21.1 Å². The molecule has 272 valence electrons. The second-order valence-corrected chi connectivity index (χ2v) is 13.0. The minimum absolute atomic E-state index is 0.00303. The zero-order chi connectivity index (χ0) is 36.5. The van der Waals surface area contributed by atoms with Crippen LogP contribution in [0.4, 0.5) is 4.79 Å². The smallest absolute Gasteiger partial charge is 0.409 e. The Kier molecular flexibility index (Phi) is 14.9. The highest BCUT2D eigenvalue weighted by molar-refractivity contribution is 8.20. The maximum Gasteiger partial charge on any atom is 0.409 e. The van der Waals surface area contributed by atoms with Crippen molar-refractivity contribution < 1.29 is 57.3 Å². The number of fused-ring (bicyclic) bond motifs is 1. The van der Waals surface area contributed by atoms with Crippen LogP contribution >= 0.6 is 11.6 Å². The van der Waals surface area contributed by atoms with Gasteiger partial charge in [0.2, 0.25) is 18.2 Å². The molecule has 2 radical (unpaired) electrons. The number of unbranched alkanes of at least 4 members (excludes halogenated alkanes) is 1. The topological polar surface area (TPSA) is 144 Å². The fraction of sp³-hybridized carbons (Fsp3) is 0.647. The second-order valence-electron chi connectivity index (χ2n) is 11.9. The molecule has 0 aliphatic carbocycles. The Balaban J connectivity index is 2.14. The Hall–Kier alpha value is -2.79. The quantitative estimate of drug-likeness (QED) is 0.0646. The molecule has 1 aliphatic rings. The van der Waals surface area contributed by atoms with Gasteiger partial charge in [0.15, 0.2) is 7.12 Å². The maximum absolute atomic E-state index is 12.6. The van der Waals surface area contributed by atoms with Crippen LogP contribution < -0.4 is 9.47 Å². The Bertz CT molecular complexity index is 1430. The van der Waals surface area contributed by atoms with Crippen molar-refractivity contribution in [2.75, 3.05) is 69.0 Å². The molecule has 1 N–H and O–H groups in total. The maximum atomic E-state index is 12.6. The summed E-state index contributed by atoms with van der Waals surface area (Å²) in [5.74, 6) is -0.787. The van der Waals surface area contributed by atoms with E-state index in [1.165, 1.54) is 33.3 Å². The second kappa shape index (κ2) is 17.9. The largest absolute Gasteiger partial charge is 0.507 e. The molecule has 1 heterocycles. The molecule has 3 atom stereocenters. The van der Waals surface area contributed by atoms with Crippen molar-refractivity contribution in [3.63, 3.8) is 0 Å². The van der Waals surface area contributed by atoms with Crippen LogP contribution in [0.25, 0.3) is 10.8 Å². The summed E-state index contributed by atoms with van der Waals surface area (Å²) >= 11 is 1.10. The van der Waals surface area contributed by atoms with Crippen LogP contribution in [0, 0.1) is 20.8 Å². The molecule has 0 spiro atoms. The van der Waals surface area contributed by atoms with E-state index in [1.807, 2.05) is 26.8 Å². The number of aryl methyl sites for hydroxylation is 1. The number of ether oxygens (including phenoxy) is 9. The van der Waals surface area contributed by atoms with E-state index < -0.39 is 30.1 Å². The highest BCUT2D eigenvalue weighted by Crippen LogP contribution is 2.51. The van der Waals surface area contributed by atoms with Gasteiger partial charge in [-0.25, -0.2) is 16.4 Å². The lowest BCUT2D eigenvalue weighted by atomic mass is 9.91. The average molecular weight is 708 g/mol. The summed E-state index contributed by atoms with van der Waals surface area (Å²) < 4.78 is 53.7. The van der Waals surface area contributed by atoms with Crippen LogP contribution in [-0.2, 0) is 44.4 Å². The first-order valence-corrected chi connectivity index (χ1v) is 16.9. The number of hydrogen-bond acceptors (Lipinski definition) is 13. The molecule has 2 aromatic rings. The van der Waals surface area contributed by atoms with Gasteiger partial charge in [0, 0.05) is 64.7 Å². The molecule has 1 saturated heterocycles. The summed E-state index contributed by atoms with van der Waals surface area (Å²) in [6, 6.07) is 1.93. The standard InChI is InChI=1S/C34H50BNO12S/c1-20-17-25-26(27(38)23(4)24(29(25)40-6)13-11-12-15-37)28(22(20)3)48-30(45-16-14-36(5)32(39)46-18-21(2)49-35)33(19-47-33)34(43-9,44-10)31(41-7)42-8/h15,17,21,30-31,38H,11-14,16,18-19H2,1-10H3. The third-order valence-electron chi connectivity index (χ3n) is 8.98. The predicted octanol–water partition coefficient (Wildman–Crippen LogP) is 4.37. The molecule has 0 aromatic heterocycles. The number of rotatable bonds is 21. The highest BCUT2D eigenvalue weighted by Gasteiger charge is 2.74. The van der Waals surface area contributed by atoms with Crippen LogP contribution in [0.2, 0.25) is 0 Å². The van der Waals surface area contributed by atoms with E-state index in [9.17, 15) is 14.7 Å².